The molecule has 0 heterocycles. The smallest absolute Gasteiger partial charge is 0.249 e. The van der Waals surface area contributed by atoms with Gasteiger partial charge in [-0.05, 0) is 12.5 Å². The lowest BCUT2D eigenvalue weighted by molar-refractivity contribution is -0.115. The van der Waals surface area contributed by atoms with Crippen molar-refractivity contribution in [2.24, 2.45) is 11.5 Å². The van der Waals surface area contributed by atoms with E-state index >= 15 is 0 Å². The molecule has 78 valence electrons. The number of nitrogens with two attached hydrogens (primary N) is 2. The molecule has 4 heteroatoms. The summed E-state index contributed by atoms with van der Waals surface area (Å²) in [6, 6.07) is 7.13. The largest absolute Gasteiger partial charge is 0.366 e. The summed E-state index contributed by atoms with van der Waals surface area (Å²) >= 11 is 0. The van der Waals surface area contributed by atoms with Crippen LogP contribution < -0.4 is 11.5 Å². The highest BCUT2D eigenvalue weighted by atomic mass is 16.1. The number of carbonyl (C=O) groups is 2. The lowest BCUT2D eigenvalue weighted by Gasteiger charge is -2.03. The first kappa shape index (κ1) is 11.0. The van der Waals surface area contributed by atoms with Gasteiger partial charge in [-0.1, -0.05) is 29.8 Å². The molecular formula is C11H12N2O2. The maximum Gasteiger partial charge on any atom is 0.249 e. The molecule has 4 N–H and O–H groups in total. The van der Waals surface area contributed by atoms with Crippen molar-refractivity contribution in [2.45, 2.75) is 6.92 Å². The topological polar surface area (TPSA) is 86.2 Å². The molecular weight excluding hydrogens is 192 g/mol. The molecule has 0 bridgehead atoms. The van der Waals surface area contributed by atoms with Crippen molar-refractivity contribution in [2.75, 3.05) is 0 Å². The summed E-state index contributed by atoms with van der Waals surface area (Å²) in [5, 5.41) is 0. The van der Waals surface area contributed by atoms with Crippen molar-refractivity contribution in [1.29, 1.82) is 0 Å². The Hall–Kier alpha value is -2.10. The number of rotatable bonds is 3. The zero-order valence-corrected chi connectivity index (χ0v) is 8.36. The van der Waals surface area contributed by atoms with Gasteiger partial charge in [-0.3, -0.25) is 9.59 Å². The SMILES string of the molecule is Cc1cccc(/C(=C\C(N)=O)C(N)=O)c1. The summed E-state index contributed by atoms with van der Waals surface area (Å²) in [4.78, 5) is 21.8. The second kappa shape index (κ2) is 4.41. The number of benzene rings is 1. The summed E-state index contributed by atoms with van der Waals surface area (Å²) < 4.78 is 0. The van der Waals surface area contributed by atoms with E-state index in [1.807, 2.05) is 13.0 Å². The number of primary amides is 2. The van der Waals surface area contributed by atoms with E-state index in [9.17, 15) is 9.59 Å². The third-order valence-electron chi connectivity index (χ3n) is 1.88. The Kier molecular flexibility index (Phi) is 3.23. The lowest BCUT2D eigenvalue weighted by atomic mass is 10.0. The van der Waals surface area contributed by atoms with E-state index < -0.39 is 11.8 Å². The second-order valence-corrected chi connectivity index (χ2v) is 3.19. The molecule has 0 spiro atoms. The maximum absolute atomic E-state index is 11.1. The quantitative estimate of drug-likeness (QED) is 0.696. The van der Waals surface area contributed by atoms with Gasteiger partial charge < -0.3 is 11.5 Å². The van der Waals surface area contributed by atoms with Crippen LogP contribution in [0.25, 0.3) is 5.57 Å². The average molecular weight is 204 g/mol. The van der Waals surface area contributed by atoms with Gasteiger partial charge >= 0.3 is 0 Å². The van der Waals surface area contributed by atoms with Crippen molar-refractivity contribution in [3.8, 4) is 0 Å². The van der Waals surface area contributed by atoms with Crippen molar-refractivity contribution in [3.63, 3.8) is 0 Å². The van der Waals surface area contributed by atoms with Gasteiger partial charge in [0, 0.05) is 6.08 Å². The number of hydrogen-bond acceptors (Lipinski definition) is 2. The van der Waals surface area contributed by atoms with Crippen LogP contribution in [-0.2, 0) is 9.59 Å². The summed E-state index contributed by atoms with van der Waals surface area (Å²) in [6.45, 7) is 1.88. The van der Waals surface area contributed by atoms with Gasteiger partial charge in [-0.25, -0.2) is 0 Å². The molecule has 1 aromatic rings. The van der Waals surface area contributed by atoms with Gasteiger partial charge in [0.15, 0.2) is 0 Å². The van der Waals surface area contributed by atoms with E-state index in [0.29, 0.717) is 5.56 Å². The molecule has 1 rings (SSSR count). The molecule has 0 aromatic heterocycles. The van der Waals surface area contributed by atoms with Crippen LogP contribution in [0.15, 0.2) is 30.3 Å². The van der Waals surface area contributed by atoms with Crippen LogP contribution in [-0.4, -0.2) is 11.8 Å². The minimum absolute atomic E-state index is 0.131. The van der Waals surface area contributed by atoms with E-state index in [-0.39, 0.29) is 5.57 Å². The van der Waals surface area contributed by atoms with E-state index in [0.717, 1.165) is 11.6 Å². The monoisotopic (exact) mass is 204 g/mol. The summed E-state index contributed by atoms with van der Waals surface area (Å²) in [6.07, 6.45) is 1.04. The summed E-state index contributed by atoms with van der Waals surface area (Å²) in [5.41, 5.74) is 11.8. The first-order valence-electron chi connectivity index (χ1n) is 4.38. The molecule has 0 saturated heterocycles. The predicted molar refractivity (Wildman–Crippen MR) is 57.5 cm³/mol. The van der Waals surface area contributed by atoms with Gasteiger partial charge in [0.1, 0.15) is 0 Å². The van der Waals surface area contributed by atoms with Crippen LogP contribution in [0, 0.1) is 6.92 Å². The molecule has 0 atom stereocenters. The first-order valence-corrected chi connectivity index (χ1v) is 4.38. The molecule has 0 aliphatic heterocycles. The Balaban J connectivity index is 3.22. The molecule has 0 radical (unpaired) electrons. The van der Waals surface area contributed by atoms with Crippen molar-refractivity contribution in [1.82, 2.24) is 0 Å². The van der Waals surface area contributed by atoms with Gasteiger partial charge in [0.25, 0.3) is 0 Å². The van der Waals surface area contributed by atoms with Gasteiger partial charge in [-0.2, -0.15) is 0 Å². The van der Waals surface area contributed by atoms with Gasteiger partial charge in [0.2, 0.25) is 11.8 Å². The minimum atomic E-state index is -0.690. The Morgan fingerprint density at radius 1 is 1.27 bits per heavy atom. The molecule has 4 nitrogen and oxygen atoms in total. The summed E-state index contributed by atoms with van der Waals surface area (Å²) in [5.74, 6) is -1.36. The Bertz CT molecular complexity index is 436. The van der Waals surface area contributed by atoms with E-state index in [2.05, 4.69) is 0 Å². The fraction of sp³-hybridized carbons (Fsp3) is 0.0909. The predicted octanol–water partition coefficient (Wildman–Crippen LogP) is 0.349. The molecule has 0 saturated carbocycles. The fourth-order valence-electron chi connectivity index (χ4n) is 1.25. The highest BCUT2D eigenvalue weighted by Gasteiger charge is 2.09. The van der Waals surface area contributed by atoms with Crippen molar-refractivity contribution < 1.29 is 9.59 Å². The van der Waals surface area contributed by atoms with Crippen molar-refractivity contribution in [3.05, 3.63) is 41.5 Å². The molecule has 15 heavy (non-hydrogen) atoms. The van der Waals surface area contributed by atoms with Crippen LogP contribution in [0.1, 0.15) is 11.1 Å². The number of carbonyl (C=O) groups excluding carboxylic acids is 2. The highest BCUT2D eigenvalue weighted by Crippen LogP contribution is 2.14. The van der Waals surface area contributed by atoms with Crippen LogP contribution in [0.4, 0.5) is 0 Å². The van der Waals surface area contributed by atoms with Crippen LogP contribution >= 0.6 is 0 Å². The van der Waals surface area contributed by atoms with Gasteiger partial charge in [-0.15, -0.1) is 0 Å². The molecule has 0 fully saturated rings. The molecule has 2 amide bonds. The van der Waals surface area contributed by atoms with Crippen LogP contribution in [0.2, 0.25) is 0 Å². The normalized spacial score (nSPS) is 11.1. The van der Waals surface area contributed by atoms with Gasteiger partial charge in [0.05, 0.1) is 5.57 Å². The van der Waals surface area contributed by atoms with E-state index in [1.54, 1.807) is 18.2 Å². The molecule has 0 unspecified atom stereocenters. The van der Waals surface area contributed by atoms with E-state index in [4.69, 9.17) is 11.5 Å². The lowest BCUT2D eigenvalue weighted by Crippen LogP contribution is -2.16. The third-order valence-corrected chi connectivity index (χ3v) is 1.88. The molecule has 0 aliphatic rings. The number of hydrogen-bond donors (Lipinski definition) is 2. The standard InChI is InChI=1S/C11H12N2O2/c1-7-3-2-4-8(5-7)9(11(13)15)6-10(12)14/h2-6H,1H3,(H2,12,14)(H2,13,15)/b9-6+. The van der Waals surface area contributed by atoms with Crippen LogP contribution in [0.3, 0.4) is 0 Å². The molecule has 1 aromatic carbocycles. The average Bonchev–Trinajstić information content (AvgIpc) is 2.13. The highest BCUT2D eigenvalue weighted by molar-refractivity contribution is 6.22. The first-order chi connectivity index (χ1) is 7.00. The number of amides is 2. The molecule has 0 aliphatic carbocycles. The van der Waals surface area contributed by atoms with Crippen LogP contribution in [0.5, 0.6) is 0 Å². The second-order valence-electron chi connectivity index (χ2n) is 3.19. The zero-order valence-electron chi connectivity index (χ0n) is 8.36. The Morgan fingerprint density at radius 3 is 2.40 bits per heavy atom. The summed E-state index contributed by atoms with van der Waals surface area (Å²) in [7, 11) is 0. The minimum Gasteiger partial charge on any atom is -0.366 e. The Morgan fingerprint density at radius 2 is 1.93 bits per heavy atom. The number of aryl methyl sites for hydroxylation is 1. The fourth-order valence-corrected chi connectivity index (χ4v) is 1.25. The Labute approximate surface area is 87.6 Å². The maximum atomic E-state index is 11.1. The zero-order chi connectivity index (χ0) is 11.4. The third kappa shape index (κ3) is 2.95. The van der Waals surface area contributed by atoms with Crippen molar-refractivity contribution >= 4 is 17.4 Å². The van der Waals surface area contributed by atoms with E-state index in [1.165, 1.54) is 0 Å².